The first-order valence-corrected chi connectivity index (χ1v) is 12.0. The second kappa shape index (κ2) is 8.55. The molecule has 2 N–H and O–H groups in total. The Morgan fingerprint density at radius 3 is 2.76 bits per heavy atom. The third-order valence-corrected chi connectivity index (χ3v) is 6.81. The molecule has 190 valence electrons. The molecule has 11 heteroatoms. The Morgan fingerprint density at radius 2 is 1.97 bits per heavy atom. The first-order chi connectivity index (χ1) is 17.8. The largest absolute Gasteiger partial charge is 0.324 e. The van der Waals surface area contributed by atoms with Gasteiger partial charge in [0.15, 0.2) is 17.1 Å². The Bertz CT molecular complexity index is 1590. The number of alkyl halides is 3. The van der Waals surface area contributed by atoms with Crippen LogP contribution in [0.2, 0.25) is 0 Å². The van der Waals surface area contributed by atoms with Gasteiger partial charge >= 0.3 is 0 Å². The highest BCUT2D eigenvalue weighted by Gasteiger charge is 2.59. The van der Waals surface area contributed by atoms with Crippen LogP contribution in [0.25, 0.3) is 16.9 Å². The number of hydrogen-bond acceptors (Lipinski definition) is 6. The molecular weight excluding hydrogens is 483 g/mol. The topological polar surface area (TPSA) is 89.7 Å². The number of allylic oxidation sites excluding steroid dienone is 1. The molecule has 0 spiro atoms. The highest BCUT2D eigenvalue weighted by molar-refractivity contribution is 5.77. The van der Waals surface area contributed by atoms with E-state index in [0.29, 0.717) is 0 Å². The van der Waals surface area contributed by atoms with Crippen LogP contribution in [0.15, 0.2) is 60.0 Å². The molecule has 1 aromatic carbocycles. The molecule has 0 atom stereocenters. The standard InChI is InChI=1S/C26H24F3N7O/c1-2-10-35-23(37)19-13-31-24(32-18-7-6-17-12-30-9-8-16(17)11-18)34-22(19)36(35)21-5-3-4-20(33-21)25(27)14-26(28,29)15-25/h2-7,11,13,30H,1,8-10,12,14-15H2,(H,31,32,34). The van der Waals surface area contributed by atoms with E-state index in [4.69, 9.17) is 0 Å². The molecule has 8 nitrogen and oxygen atoms in total. The molecule has 4 heterocycles. The lowest BCUT2D eigenvalue weighted by atomic mass is 9.76. The number of fused-ring (bicyclic) bond motifs is 2. The maximum atomic E-state index is 15.1. The summed E-state index contributed by atoms with van der Waals surface area (Å²) in [5.74, 6) is -2.61. The minimum absolute atomic E-state index is 0.105. The lowest BCUT2D eigenvalue weighted by molar-refractivity contribution is -0.176. The molecule has 2 aliphatic rings. The van der Waals surface area contributed by atoms with Gasteiger partial charge in [0.05, 0.1) is 25.1 Å². The van der Waals surface area contributed by atoms with E-state index in [1.54, 1.807) is 12.1 Å². The molecule has 3 aromatic heterocycles. The Labute approximate surface area is 209 Å². The molecule has 1 saturated carbocycles. The molecule has 0 saturated heterocycles. The van der Waals surface area contributed by atoms with Crippen molar-refractivity contribution in [3.8, 4) is 5.82 Å². The van der Waals surface area contributed by atoms with Crippen LogP contribution in [0, 0.1) is 0 Å². The highest BCUT2D eigenvalue weighted by Crippen LogP contribution is 2.53. The first-order valence-electron chi connectivity index (χ1n) is 12.0. The second-order valence-corrected chi connectivity index (χ2v) is 9.51. The summed E-state index contributed by atoms with van der Waals surface area (Å²) in [7, 11) is 0. The molecule has 4 aromatic rings. The predicted molar refractivity (Wildman–Crippen MR) is 133 cm³/mol. The van der Waals surface area contributed by atoms with Crippen molar-refractivity contribution in [2.24, 2.45) is 0 Å². The van der Waals surface area contributed by atoms with E-state index in [9.17, 15) is 13.6 Å². The summed E-state index contributed by atoms with van der Waals surface area (Å²) in [4.78, 5) is 26.4. The SMILES string of the molecule is C=CCn1c(=O)c2cnc(Nc3ccc4c(c3)CCNC4)nc2n1-c1cccc(C2(F)CC(F)(F)C2)n1. The minimum Gasteiger partial charge on any atom is -0.324 e. The van der Waals surface area contributed by atoms with Gasteiger partial charge in [-0.2, -0.15) is 4.98 Å². The van der Waals surface area contributed by atoms with Gasteiger partial charge < -0.3 is 10.6 Å². The van der Waals surface area contributed by atoms with Crippen LogP contribution in [-0.4, -0.2) is 36.8 Å². The van der Waals surface area contributed by atoms with Gasteiger partial charge in [-0.15, -0.1) is 6.58 Å². The third kappa shape index (κ3) is 4.08. The van der Waals surface area contributed by atoms with Crippen LogP contribution < -0.4 is 16.2 Å². The van der Waals surface area contributed by atoms with Gasteiger partial charge in [-0.3, -0.25) is 4.79 Å². The molecule has 0 radical (unpaired) electrons. The molecule has 1 aliphatic carbocycles. The number of rotatable bonds is 6. The van der Waals surface area contributed by atoms with Crippen molar-refractivity contribution in [2.45, 2.75) is 43.9 Å². The Morgan fingerprint density at radius 1 is 1.14 bits per heavy atom. The van der Waals surface area contributed by atoms with Gasteiger partial charge in [0.2, 0.25) is 5.95 Å². The molecule has 37 heavy (non-hydrogen) atoms. The number of anilines is 2. The summed E-state index contributed by atoms with van der Waals surface area (Å²) in [5, 5.41) is 6.78. The molecule has 1 aliphatic heterocycles. The van der Waals surface area contributed by atoms with Gasteiger partial charge in [-0.25, -0.2) is 32.5 Å². The van der Waals surface area contributed by atoms with Crippen molar-refractivity contribution in [1.82, 2.24) is 29.6 Å². The molecule has 6 rings (SSSR count). The van der Waals surface area contributed by atoms with E-state index in [0.717, 1.165) is 25.2 Å². The number of aromatic nitrogens is 5. The van der Waals surface area contributed by atoms with Crippen molar-refractivity contribution in [3.05, 3.63) is 82.4 Å². The molecule has 0 bridgehead atoms. The zero-order valence-corrected chi connectivity index (χ0v) is 19.8. The summed E-state index contributed by atoms with van der Waals surface area (Å²) < 4.78 is 44.9. The van der Waals surface area contributed by atoms with E-state index in [1.165, 1.54) is 38.8 Å². The van der Waals surface area contributed by atoms with E-state index in [1.807, 2.05) is 12.1 Å². The maximum absolute atomic E-state index is 15.1. The number of halogens is 3. The lowest BCUT2D eigenvalue weighted by Gasteiger charge is -2.40. The Balaban J connectivity index is 1.43. The lowest BCUT2D eigenvalue weighted by Crippen LogP contribution is -2.46. The quantitative estimate of drug-likeness (QED) is 0.381. The minimum atomic E-state index is -3.06. The van der Waals surface area contributed by atoms with E-state index in [2.05, 4.69) is 38.2 Å². The summed E-state index contributed by atoms with van der Waals surface area (Å²) >= 11 is 0. The van der Waals surface area contributed by atoms with E-state index >= 15 is 4.39 Å². The predicted octanol–water partition coefficient (Wildman–Crippen LogP) is 4.15. The van der Waals surface area contributed by atoms with Crippen LogP contribution in [0.1, 0.15) is 29.7 Å². The van der Waals surface area contributed by atoms with Crippen LogP contribution in [0.3, 0.4) is 0 Å². The first kappa shape index (κ1) is 23.4. The zero-order valence-electron chi connectivity index (χ0n) is 19.8. The number of pyridine rings is 1. The number of benzene rings is 1. The van der Waals surface area contributed by atoms with Crippen molar-refractivity contribution >= 4 is 22.7 Å². The van der Waals surface area contributed by atoms with Crippen LogP contribution in [0.4, 0.5) is 24.8 Å². The third-order valence-electron chi connectivity index (χ3n) is 6.81. The average Bonchev–Trinajstić information content (AvgIpc) is 3.14. The Hall–Kier alpha value is -3.99. The van der Waals surface area contributed by atoms with E-state index in [-0.39, 0.29) is 40.6 Å². The number of nitrogens with zero attached hydrogens (tertiary/aromatic N) is 5. The van der Waals surface area contributed by atoms with Gasteiger partial charge in [0, 0.05) is 18.4 Å². The fourth-order valence-corrected chi connectivity index (χ4v) is 5.03. The number of hydrogen-bond donors (Lipinski definition) is 2. The van der Waals surface area contributed by atoms with Gasteiger partial charge in [-0.1, -0.05) is 18.2 Å². The summed E-state index contributed by atoms with van der Waals surface area (Å²) in [6.07, 6.45) is 2.04. The van der Waals surface area contributed by atoms with Crippen molar-refractivity contribution in [2.75, 3.05) is 11.9 Å². The van der Waals surface area contributed by atoms with Gasteiger partial charge in [-0.05, 0) is 48.4 Å². The van der Waals surface area contributed by atoms with Crippen LogP contribution in [-0.2, 0) is 25.2 Å². The monoisotopic (exact) mass is 507 g/mol. The van der Waals surface area contributed by atoms with Gasteiger partial charge in [0.1, 0.15) is 5.39 Å². The fourth-order valence-electron chi connectivity index (χ4n) is 5.03. The number of nitrogens with one attached hydrogen (secondary N) is 2. The van der Waals surface area contributed by atoms with Gasteiger partial charge in [0.25, 0.3) is 11.5 Å². The fraction of sp³-hybridized carbons (Fsp3) is 0.308. The normalized spacial score (nSPS) is 17.7. The Kier molecular flexibility index (Phi) is 5.41. The summed E-state index contributed by atoms with van der Waals surface area (Å²) in [6, 6.07) is 10.5. The molecule has 1 fully saturated rings. The smallest absolute Gasteiger partial charge is 0.278 e. The highest BCUT2D eigenvalue weighted by atomic mass is 19.3. The van der Waals surface area contributed by atoms with Crippen LogP contribution in [0.5, 0.6) is 0 Å². The van der Waals surface area contributed by atoms with Crippen LogP contribution >= 0.6 is 0 Å². The van der Waals surface area contributed by atoms with Crippen molar-refractivity contribution in [1.29, 1.82) is 0 Å². The molecular formula is C26H24F3N7O. The molecule has 0 amide bonds. The average molecular weight is 508 g/mol. The van der Waals surface area contributed by atoms with Crippen molar-refractivity contribution in [3.63, 3.8) is 0 Å². The second-order valence-electron chi connectivity index (χ2n) is 9.51. The van der Waals surface area contributed by atoms with Crippen molar-refractivity contribution < 1.29 is 13.2 Å². The maximum Gasteiger partial charge on any atom is 0.278 e. The summed E-state index contributed by atoms with van der Waals surface area (Å²) in [5.41, 5.74) is 0.834. The summed E-state index contributed by atoms with van der Waals surface area (Å²) in [6.45, 7) is 5.58. The van der Waals surface area contributed by atoms with E-state index < -0.39 is 24.4 Å². The zero-order chi connectivity index (χ0) is 25.8. The molecule has 0 unspecified atom stereocenters.